The van der Waals surface area contributed by atoms with Gasteiger partial charge in [-0.25, -0.2) is 4.68 Å². The number of rotatable bonds is 4. The van der Waals surface area contributed by atoms with Crippen molar-refractivity contribution >= 4 is 16.7 Å². The first-order valence-electron chi connectivity index (χ1n) is 5.55. The van der Waals surface area contributed by atoms with Crippen molar-refractivity contribution < 1.29 is 9.90 Å². The number of nitrogens with one attached hydrogen (secondary N) is 1. The molecule has 2 rings (SSSR count). The molecule has 6 heteroatoms. The number of benzene rings is 1. The molecule has 0 spiro atoms. The van der Waals surface area contributed by atoms with Crippen molar-refractivity contribution in [2.75, 3.05) is 13.2 Å². The molecule has 1 amide bonds. The largest absolute Gasteiger partial charge is 0.395 e. The van der Waals surface area contributed by atoms with E-state index in [1.54, 1.807) is 24.4 Å². The van der Waals surface area contributed by atoms with Crippen LogP contribution in [-0.2, 0) is 11.3 Å². The Morgan fingerprint density at radius 2 is 2.17 bits per heavy atom. The Morgan fingerprint density at radius 3 is 2.94 bits per heavy atom. The first kappa shape index (κ1) is 12.3. The van der Waals surface area contributed by atoms with Crippen molar-refractivity contribution in [3.63, 3.8) is 0 Å². The van der Waals surface area contributed by atoms with Gasteiger partial charge in [0.05, 0.1) is 18.2 Å². The third kappa shape index (κ3) is 2.54. The van der Waals surface area contributed by atoms with Gasteiger partial charge in [-0.3, -0.25) is 9.59 Å². The standard InChI is InChI=1S/C12H13N3O3/c16-6-5-13-11(17)8-15-12(18)10-4-2-1-3-9(10)7-14-15/h1-4,7,16H,5-6,8H2,(H,13,17). The monoisotopic (exact) mass is 247 g/mol. The number of carbonyl (C=O) groups is 1. The number of carbonyl (C=O) groups excluding carboxylic acids is 1. The highest BCUT2D eigenvalue weighted by molar-refractivity contribution is 5.81. The van der Waals surface area contributed by atoms with E-state index in [0.717, 1.165) is 10.1 Å². The molecule has 1 heterocycles. The number of aromatic nitrogens is 2. The number of hydrogen-bond donors (Lipinski definition) is 2. The van der Waals surface area contributed by atoms with Gasteiger partial charge in [0.2, 0.25) is 5.91 Å². The highest BCUT2D eigenvalue weighted by Crippen LogP contribution is 2.05. The van der Waals surface area contributed by atoms with Gasteiger partial charge < -0.3 is 10.4 Å². The van der Waals surface area contributed by atoms with Gasteiger partial charge in [0, 0.05) is 11.9 Å². The SMILES string of the molecule is O=C(Cn1ncc2ccccc2c1=O)NCCO. The fourth-order valence-electron chi connectivity index (χ4n) is 1.63. The molecule has 0 fully saturated rings. The minimum absolute atomic E-state index is 0.133. The highest BCUT2D eigenvalue weighted by Gasteiger charge is 2.07. The van der Waals surface area contributed by atoms with Gasteiger partial charge in [-0.2, -0.15) is 5.10 Å². The fourth-order valence-corrected chi connectivity index (χ4v) is 1.63. The van der Waals surface area contributed by atoms with Crippen molar-refractivity contribution in [1.82, 2.24) is 15.1 Å². The molecular formula is C12H13N3O3. The molecule has 0 atom stereocenters. The summed E-state index contributed by atoms with van der Waals surface area (Å²) in [4.78, 5) is 23.4. The Kier molecular flexibility index (Phi) is 3.69. The second-order valence-electron chi connectivity index (χ2n) is 3.77. The van der Waals surface area contributed by atoms with Crippen LogP contribution in [0.1, 0.15) is 0 Å². The average molecular weight is 247 g/mol. The molecule has 0 aliphatic carbocycles. The molecule has 1 aromatic heterocycles. The van der Waals surface area contributed by atoms with E-state index in [1.165, 1.54) is 0 Å². The van der Waals surface area contributed by atoms with Crippen molar-refractivity contribution in [2.24, 2.45) is 0 Å². The van der Waals surface area contributed by atoms with Crippen LogP contribution in [-0.4, -0.2) is 33.9 Å². The lowest BCUT2D eigenvalue weighted by Crippen LogP contribution is -2.34. The lowest BCUT2D eigenvalue weighted by molar-refractivity contribution is -0.122. The van der Waals surface area contributed by atoms with E-state index in [9.17, 15) is 9.59 Å². The zero-order valence-corrected chi connectivity index (χ0v) is 9.67. The fraction of sp³-hybridized carbons (Fsp3) is 0.250. The number of hydrogen-bond acceptors (Lipinski definition) is 4. The normalized spacial score (nSPS) is 10.5. The maximum Gasteiger partial charge on any atom is 0.275 e. The summed E-state index contributed by atoms with van der Waals surface area (Å²) in [6.07, 6.45) is 1.55. The van der Waals surface area contributed by atoms with E-state index in [4.69, 9.17) is 5.11 Å². The van der Waals surface area contributed by atoms with Crippen LogP contribution >= 0.6 is 0 Å². The number of amides is 1. The molecule has 0 saturated carbocycles. The lowest BCUT2D eigenvalue weighted by atomic mass is 10.2. The van der Waals surface area contributed by atoms with Crippen molar-refractivity contribution in [2.45, 2.75) is 6.54 Å². The van der Waals surface area contributed by atoms with Crippen molar-refractivity contribution in [1.29, 1.82) is 0 Å². The number of aliphatic hydroxyl groups is 1. The summed E-state index contributed by atoms with van der Waals surface area (Å²) >= 11 is 0. The quantitative estimate of drug-likeness (QED) is 0.763. The van der Waals surface area contributed by atoms with Crippen molar-refractivity contribution in [3.05, 3.63) is 40.8 Å². The van der Waals surface area contributed by atoms with Crippen LogP contribution in [0, 0.1) is 0 Å². The molecule has 94 valence electrons. The zero-order chi connectivity index (χ0) is 13.0. The molecule has 1 aromatic carbocycles. The van der Waals surface area contributed by atoms with E-state index < -0.39 is 0 Å². The van der Waals surface area contributed by atoms with E-state index in [-0.39, 0.29) is 31.2 Å². The van der Waals surface area contributed by atoms with Crippen LogP contribution in [0.5, 0.6) is 0 Å². The third-order valence-electron chi connectivity index (χ3n) is 2.49. The predicted octanol–water partition coefficient (Wildman–Crippen LogP) is -0.495. The van der Waals surface area contributed by atoms with Gasteiger partial charge in [0.15, 0.2) is 0 Å². The third-order valence-corrected chi connectivity index (χ3v) is 2.49. The second-order valence-corrected chi connectivity index (χ2v) is 3.77. The molecule has 2 aromatic rings. The maximum atomic E-state index is 12.0. The van der Waals surface area contributed by atoms with E-state index >= 15 is 0 Å². The first-order valence-corrected chi connectivity index (χ1v) is 5.55. The summed E-state index contributed by atoms with van der Waals surface area (Å²) in [5.74, 6) is -0.353. The van der Waals surface area contributed by atoms with Crippen LogP contribution in [0.2, 0.25) is 0 Å². The van der Waals surface area contributed by atoms with Gasteiger partial charge in [-0.05, 0) is 6.07 Å². The first-order chi connectivity index (χ1) is 8.72. The Balaban J connectivity index is 2.27. The Morgan fingerprint density at radius 1 is 1.39 bits per heavy atom. The van der Waals surface area contributed by atoms with E-state index in [1.807, 2.05) is 6.07 Å². The summed E-state index contributed by atoms with van der Waals surface area (Å²) < 4.78 is 1.11. The molecule has 0 saturated heterocycles. The van der Waals surface area contributed by atoms with Crippen LogP contribution in [0.15, 0.2) is 35.3 Å². The Bertz CT molecular complexity index is 621. The van der Waals surface area contributed by atoms with Crippen LogP contribution in [0.25, 0.3) is 10.8 Å². The van der Waals surface area contributed by atoms with Gasteiger partial charge in [0.25, 0.3) is 5.56 Å². The molecule has 2 N–H and O–H groups in total. The minimum atomic E-state index is -0.353. The van der Waals surface area contributed by atoms with Crippen LogP contribution < -0.4 is 10.9 Å². The molecule has 0 unspecified atom stereocenters. The van der Waals surface area contributed by atoms with Gasteiger partial charge in [-0.15, -0.1) is 0 Å². The predicted molar refractivity (Wildman–Crippen MR) is 66.1 cm³/mol. The number of aliphatic hydroxyl groups excluding tert-OH is 1. The molecule has 6 nitrogen and oxygen atoms in total. The average Bonchev–Trinajstić information content (AvgIpc) is 2.40. The van der Waals surface area contributed by atoms with E-state index in [0.29, 0.717) is 5.39 Å². The summed E-state index contributed by atoms with van der Waals surface area (Å²) in [6, 6.07) is 7.07. The summed E-state index contributed by atoms with van der Waals surface area (Å²) in [5, 5.41) is 16.3. The zero-order valence-electron chi connectivity index (χ0n) is 9.67. The van der Waals surface area contributed by atoms with Crippen LogP contribution in [0.3, 0.4) is 0 Å². The van der Waals surface area contributed by atoms with Gasteiger partial charge in [0.1, 0.15) is 6.54 Å². The second kappa shape index (κ2) is 5.42. The molecule has 0 aliphatic heterocycles. The molecular weight excluding hydrogens is 234 g/mol. The van der Waals surface area contributed by atoms with Crippen molar-refractivity contribution in [3.8, 4) is 0 Å². The van der Waals surface area contributed by atoms with Gasteiger partial charge in [-0.1, -0.05) is 18.2 Å². The molecule has 0 radical (unpaired) electrons. The summed E-state index contributed by atoms with van der Waals surface area (Å²) in [5.41, 5.74) is -0.299. The topological polar surface area (TPSA) is 84.2 Å². The Labute approximate surface area is 103 Å². The molecule has 0 bridgehead atoms. The maximum absolute atomic E-state index is 12.0. The van der Waals surface area contributed by atoms with Gasteiger partial charge >= 0.3 is 0 Å². The number of fused-ring (bicyclic) bond motifs is 1. The minimum Gasteiger partial charge on any atom is -0.395 e. The lowest BCUT2D eigenvalue weighted by Gasteiger charge is -2.06. The number of nitrogens with zero attached hydrogens (tertiary/aromatic N) is 2. The highest BCUT2D eigenvalue weighted by atomic mass is 16.3. The van der Waals surface area contributed by atoms with E-state index in [2.05, 4.69) is 10.4 Å². The Hall–Kier alpha value is -2.21. The molecule has 18 heavy (non-hydrogen) atoms. The molecule has 0 aliphatic rings. The summed E-state index contributed by atoms with van der Waals surface area (Å²) in [6.45, 7) is -0.114. The van der Waals surface area contributed by atoms with Crippen LogP contribution in [0.4, 0.5) is 0 Å². The smallest absolute Gasteiger partial charge is 0.275 e. The summed E-state index contributed by atoms with van der Waals surface area (Å²) in [7, 11) is 0.